The topological polar surface area (TPSA) is 46.9 Å². The number of amides is 1. The Balaban J connectivity index is 3.10. The fourth-order valence-corrected chi connectivity index (χ4v) is 1.42. The lowest BCUT2D eigenvalue weighted by Crippen LogP contribution is -2.22. The van der Waals surface area contributed by atoms with Gasteiger partial charge in [-0.05, 0) is 22.9 Å². The second-order valence-electron chi connectivity index (χ2n) is 2.24. The minimum Gasteiger partial charge on any atom is -0.354 e. The van der Waals surface area contributed by atoms with E-state index < -0.39 is 0 Å². The van der Waals surface area contributed by atoms with E-state index in [4.69, 9.17) is 0 Å². The van der Waals surface area contributed by atoms with E-state index in [1.165, 1.54) is 0 Å². The molecule has 0 fully saturated rings. The highest BCUT2D eigenvalue weighted by atomic mass is 79.9. The van der Waals surface area contributed by atoms with Crippen molar-refractivity contribution in [3.8, 4) is 0 Å². The summed E-state index contributed by atoms with van der Waals surface area (Å²) in [4.78, 5) is 11.3. The van der Waals surface area contributed by atoms with Crippen LogP contribution in [0.25, 0.3) is 0 Å². The molecule has 4 nitrogen and oxygen atoms in total. The number of carbonyl (C=O) groups excluding carboxylic acids is 1. The molecule has 1 heterocycles. The zero-order chi connectivity index (χ0) is 9.14. The lowest BCUT2D eigenvalue weighted by atomic mass is 10.4. The van der Waals surface area contributed by atoms with Gasteiger partial charge in [0.2, 0.25) is 0 Å². The summed E-state index contributed by atoms with van der Waals surface area (Å²) in [5.74, 6) is -0.124. The molecule has 0 bridgehead atoms. The molecule has 0 atom stereocenters. The number of hydrogen-bond acceptors (Lipinski definition) is 2. The molecule has 1 rings (SSSR count). The molecule has 0 unspecified atom stereocenters. The van der Waals surface area contributed by atoms with E-state index in [-0.39, 0.29) is 5.91 Å². The summed E-state index contributed by atoms with van der Waals surface area (Å²) in [5.41, 5.74) is 0.569. The molecule has 0 aliphatic heterocycles. The molecule has 12 heavy (non-hydrogen) atoms. The molecule has 5 heteroatoms. The fourth-order valence-electron chi connectivity index (χ4n) is 0.946. The molecule has 1 N–H and O–H groups in total. The molecule has 0 spiro atoms. The number of aromatic nitrogens is 2. The quantitative estimate of drug-likeness (QED) is 0.827. The van der Waals surface area contributed by atoms with E-state index in [0.29, 0.717) is 12.2 Å². The van der Waals surface area contributed by atoms with Gasteiger partial charge in [-0.3, -0.25) is 9.48 Å². The highest BCUT2D eigenvalue weighted by Gasteiger charge is 2.13. The maximum Gasteiger partial charge on any atom is 0.270 e. The van der Waals surface area contributed by atoms with Crippen LogP contribution in [0.5, 0.6) is 0 Å². The average Bonchev–Trinajstić information content (AvgIpc) is 2.45. The first kappa shape index (κ1) is 9.25. The number of nitrogens with zero attached hydrogens (tertiary/aromatic N) is 2. The third-order valence-electron chi connectivity index (χ3n) is 1.54. The lowest BCUT2D eigenvalue weighted by Gasteiger charge is -2.02. The Morgan fingerprint density at radius 2 is 2.50 bits per heavy atom. The Morgan fingerprint density at radius 3 is 3.00 bits per heavy atom. The normalized spacial score (nSPS) is 9.92. The molecular weight excluding hydrogens is 222 g/mol. The van der Waals surface area contributed by atoms with Crippen LogP contribution < -0.4 is 5.32 Å². The minimum atomic E-state index is -0.124. The molecule has 0 saturated heterocycles. The molecule has 0 aliphatic rings. The first-order chi connectivity index (χ1) is 5.70. The van der Waals surface area contributed by atoms with Crippen molar-refractivity contribution in [1.82, 2.24) is 15.1 Å². The zero-order valence-electron chi connectivity index (χ0n) is 6.97. The number of aryl methyl sites for hydroxylation is 1. The number of hydrogen-bond donors (Lipinski definition) is 1. The van der Waals surface area contributed by atoms with Crippen LogP contribution in [-0.4, -0.2) is 22.7 Å². The second kappa shape index (κ2) is 3.71. The Hall–Kier alpha value is -0.840. The highest BCUT2D eigenvalue weighted by Crippen LogP contribution is 2.15. The van der Waals surface area contributed by atoms with Gasteiger partial charge in [0, 0.05) is 13.6 Å². The largest absolute Gasteiger partial charge is 0.354 e. The van der Waals surface area contributed by atoms with Crippen LogP contribution >= 0.6 is 15.9 Å². The van der Waals surface area contributed by atoms with Crippen molar-refractivity contribution in [1.29, 1.82) is 0 Å². The van der Waals surface area contributed by atoms with Crippen LogP contribution in [0.3, 0.4) is 0 Å². The van der Waals surface area contributed by atoms with Crippen LogP contribution in [0.4, 0.5) is 0 Å². The van der Waals surface area contributed by atoms with Gasteiger partial charge in [-0.25, -0.2) is 0 Å². The van der Waals surface area contributed by atoms with Crippen molar-refractivity contribution in [2.45, 2.75) is 13.5 Å². The predicted octanol–water partition coefficient (Wildman–Crippen LogP) is 1.03. The molecular formula is C7H10BrN3O. The number of halogens is 1. The van der Waals surface area contributed by atoms with Crippen molar-refractivity contribution < 1.29 is 4.79 Å². The summed E-state index contributed by atoms with van der Waals surface area (Å²) < 4.78 is 2.37. The first-order valence-corrected chi connectivity index (χ1v) is 4.43. The highest BCUT2D eigenvalue weighted by molar-refractivity contribution is 9.10. The second-order valence-corrected chi connectivity index (χ2v) is 3.09. The van der Waals surface area contributed by atoms with Gasteiger partial charge in [0.05, 0.1) is 10.7 Å². The zero-order valence-corrected chi connectivity index (χ0v) is 8.55. The van der Waals surface area contributed by atoms with E-state index >= 15 is 0 Å². The van der Waals surface area contributed by atoms with Crippen molar-refractivity contribution >= 4 is 21.8 Å². The monoisotopic (exact) mass is 231 g/mol. The molecule has 0 aliphatic carbocycles. The van der Waals surface area contributed by atoms with E-state index in [0.717, 1.165) is 4.47 Å². The maximum absolute atomic E-state index is 11.3. The summed E-state index contributed by atoms with van der Waals surface area (Å²) in [6.07, 6.45) is 1.62. The number of carbonyl (C=O) groups is 1. The van der Waals surface area contributed by atoms with Gasteiger partial charge in [0.1, 0.15) is 5.69 Å². The predicted molar refractivity (Wildman–Crippen MR) is 49.0 cm³/mol. The standard InChI is InChI=1S/C7H10BrN3O/c1-3-11-6(7(12)9-2)5(8)4-10-11/h4H,3H2,1-2H3,(H,9,12). The number of rotatable bonds is 2. The van der Waals surface area contributed by atoms with Gasteiger partial charge in [0.15, 0.2) is 0 Å². The molecule has 0 saturated carbocycles. The fraction of sp³-hybridized carbons (Fsp3) is 0.429. The van der Waals surface area contributed by atoms with Gasteiger partial charge in [-0.15, -0.1) is 0 Å². The first-order valence-electron chi connectivity index (χ1n) is 3.64. The summed E-state index contributed by atoms with van der Waals surface area (Å²) >= 11 is 3.26. The van der Waals surface area contributed by atoms with Crippen LogP contribution in [0, 0.1) is 0 Å². The smallest absolute Gasteiger partial charge is 0.270 e. The van der Waals surface area contributed by atoms with Crippen molar-refractivity contribution in [2.75, 3.05) is 7.05 Å². The van der Waals surface area contributed by atoms with E-state index in [9.17, 15) is 4.79 Å². The Bertz CT molecular complexity index is 295. The van der Waals surface area contributed by atoms with E-state index in [1.807, 2.05) is 6.92 Å². The third-order valence-corrected chi connectivity index (χ3v) is 2.12. The Labute approximate surface area is 79.1 Å². The van der Waals surface area contributed by atoms with Crippen LogP contribution in [0.15, 0.2) is 10.7 Å². The Morgan fingerprint density at radius 1 is 1.83 bits per heavy atom. The molecule has 1 aromatic heterocycles. The van der Waals surface area contributed by atoms with Crippen LogP contribution in [0.2, 0.25) is 0 Å². The van der Waals surface area contributed by atoms with Crippen molar-refractivity contribution in [3.63, 3.8) is 0 Å². The van der Waals surface area contributed by atoms with E-state index in [1.54, 1.807) is 17.9 Å². The summed E-state index contributed by atoms with van der Waals surface area (Å²) in [5, 5.41) is 6.57. The van der Waals surface area contributed by atoms with Crippen molar-refractivity contribution in [2.24, 2.45) is 0 Å². The van der Waals surface area contributed by atoms with Crippen LogP contribution in [0.1, 0.15) is 17.4 Å². The third kappa shape index (κ3) is 1.50. The molecule has 0 aromatic carbocycles. The van der Waals surface area contributed by atoms with E-state index in [2.05, 4.69) is 26.3 Å². The lowest BCUT2D eigenvalue weighted by molar-refractivity contribution is 0.0951. The van der Waals surface area contributed by atoms with Crippen molar-refractivity contribution in [3.05, 3.63) is 16.4 Å². The summed E-state index contributed by atoms with van der Waals surface area (Å²) in [6, 6.07) is 0. The van der Waals surface area contributed by atoms with Gasteiger partial charge < -0.3 is 5.32 Å². The maximum atomic E-state index is 11.3. The minimum absolute atomic E-state index is 0.124. The SMILES string of the molecule is CCn1ncc(Br)c1C(=O)NC. The summed E-state index contributed by atoms with van der Waals surface area (Å²) in [7, 11) is 1.60. The molecule has 1 amide bonds. The average molecular weight is 232 g/mol. The molecule has 66 valence electrons. The summed E-state index contributed by atoms with van der Waals surface area (Å²) in [6.45, 7) is 2.63. The molecule has 1 aromatic rings. The van der Waals surface area contributed by atoms with Gasteiger partial charge in [-0.1, -0.05) is 0 Å². The van der Waals surface area contributed by atoms with Gasteiger partial charge >= 0.3 is 0 Å². The van der Waals surface area contributed by atoms with Gasteiger partial charge in [-0.2, -0.15) is 5.10 Å². The number of nitrogens with one attached hydrogen (secondary N) is 1. The molecule has 0 radical (unpaired) electrons. The Kier molecular flexibility index (Phi) is 2.86. The van der Waals surface area contributed by atoms with Gasteiger partial charge in [0.25, 0.3) is 5.91 Å². The van der Waals surface area contributed by atoms with Crippen LogP contribution in [-0.2, 0) is 6.54 Å².